The summed E-state index contributed by atoms with van der Waals surface area (Å²) in [7, 11) is -4.40. The van der Waals surface area contributed by atoms with E-state index in [-0.39, 0.29) is 19.6 Å². The van der Waals surface area contributed by atoms with E-state index >= 15 is 0 Å². The summed E-state index contributed by atoms with van der Waals surface area (Å²) in [5.74, 6) is -0.466. The Morgan fingerprint density at radius 3 is 1.80 bits per heavy atom. The lowest BCUT2D eigenvalue weighted by atomic mass is 10.0. The first kappa shape index (κ1) is 44.7. The van der Waals surface area contributed by atoms with Gasteiger partial charge in [0.1, 0.15) is 0 Å². The molecule has 270 valence electrons. The minimum Gasteiger partial charge on any atom is -0.393 e. The Balaban J connectivity index is 4.53. The fourth-order valence-corrected chi connectivity index (χ4v) is 5.73. The number of aliphatic hydroxyl groups excluding tert-OH is 2. The monoisotopic (exact) mass is 672 g/mol. The molecule has 0 saturated carbocycles. The number of carbonyl (C=O) groups is 1. The third-order valence-electron chi connectivity index (χ3n) is 7.75. The number of unbranched alkanes of at least 4 members (excludes halogenated alkanes) is 15. The highest BCUT2D eigenvalue weighted by Crippen LogP contribution is 2.43. The molecule has 0 aliphatic heterocycles. The van der Waals surface area contributed by atoms with Crippen LogP contribution in [-0.4, -0.2) is 59.0 Å². The van der Waals surface area contributed by atoms with E-state index in [1.54, 1.807) is 6.08 Å². The molecule has 9 nitrogen and oxygen atoms in total. The standard InChI is InChI=1S/C36H69N2O7P/c1-3-5-7-9-11-12-13-14-15-16-17-18-19-20-22-24-26-28-35(40)34(32-45-46(42,43)44-30-29-37)38-36(41)31-33(39)27-25-23-21-10-8-6-4-2/h15-16,19-20,26,28,33-35,39-40H,3-14,17-18,21-25,27,29-32,37H2,1-2H3,(H,38,41)(H,42,43)/b16-15+,20-19+,28-26+. The lowest BCUT2D eigenvalue weighted by Gasteiger charge is -2.24. The van der Waals surface area contributed by atoms with E-state index in [9.17, 15) is 24.5 Å². The smallest absolute Gasteiger partial charge is 0.393 e. The minimum atomic E-state index is -4.40. The van der Waals surface area contributed by atoms with Crippen LogP contribution >= 0.6 is 7.82 Å². The van der Waals surface area contributed by atoms with Crippen molar-refractivity contribution < 1.29 is 33.5 Å². The predicted octanol–water partition coefficient (Wildman–Crippen LogP) is 8.19. The first-order chi connectivity index (χ1) is 22.3. The second kappa shape index (κ2) is 32.2. The highest BCUT2D eigenvalue weighted by atomic mass is 31.2. The Bertz CT molecular complexity index is 837. The van der Waals surface area contributed by atoms with Crippen LogP contribution in [0.4, 0.5) is 0 Å². The zero-order valence-corrected chi connectivity index (χ0v) is 30.1. The van der Waals surface area contributed by atoms with Gasteiger partial charge in [-0.25, -0.2) is 4.57 Å². The number of rotatable bonds is 33. The van der Waals surface area contributed by atoms with Crippen molar-refractivity contribution in [1.82, 2.24) is 5.32 Å². The Hall–Kier alpha value is -1.32. The Morgan fingerprint density at radius 2 is 1.24 bits per heavy atom. The second-order valence-corrected chi connectivity index (χ2v) is 13.7. The van der Waals surface area contributed by atoms with Crippen LogP contribution in [0.3, 0.4) is 0 Å². The number of amides is 1. The molecule has 0 bridgehead atoms. The topological polar surface area (TPSA) is 151 Å². The van der Waals surface area contributed by atoms with Crippen LogP contribution in [0.5, 0.6) is 0 Å². The molecule has 4 unspecified atom stereocenters. The molecule has 0 aliphatic rings. The molecule has 0 spiro atoms. The van der Waals surface area contributed by atoms with Gasteiger partial charge in [-0.15, -0.1) is 0 Å². The van der Waals surface area contributed by atoms with Gasteiger partial charge in [-0.1, -0.05) is 134 Å². The van der Waals surface area contributed by atoms with Crippen LogP contribution in [-0.2, 0) is 18.4 Å². The van der Waals surface area contributed by atoms with Gasteiger partial charge in [0.2, 0.25) is 5.91 Å². The van der Waals surface area contributed by atoms with Crippen molar-refractivity contribution in [2.75, 3.05) is 19.8 Å². The molecular weight excluding hydrogens is 603 g/mol. The molecule has 0 aromatic carbocycles. The summed E-state index contributed by atoms with van der Waals surface area (Å²) in [6, 6.07) is -1.00. The minimum absolute atomic E-state index is 0.0422. The van der Waals surface area contributed by atoms with Crippen LogP contribution in [0, 0.1) is 0 Å². The number of aliphatic hydroxyl groups is 2. The van der Waals surface area contributed by atoms with Crippen molar-refractivity contribution in [2.45, 2.75) is 167 Å². The van der Waals surface area contributed by atoms with E-state index in [2.05, 4.69) is 43.5 Å². The van der Waals surface area contributed by atoms with Gasteiger partial charge >= 0.3 is 7.82 Å². The normalized spacial score (nSPS) is 15.5. The van der Waals surface area contributed by atoms with E-state index in [1.807, 2.05) is 6.08 Å². The number of nitrogens with two attached hydrogens (primary N) is 1. The summed E-state index contributed by atoms with van der Waals surface area (Å²) in [4.78, 5) is 22.5. The number of phosphoric ester groups is 1. The zero-order chi connectivity index (χ0) is 34.1. The van der Waals surface area contributed by atoms with Crippen molar-refractivity contribution in [2.24, 2.45) is 5.73 Å². The third-order valence-corrected chi connectivity index (χ3v) is 8.74. The maximum Gasteiger partial charge on any atom is 0.472 e. The highest BCUT2D eigenvalue weighted by Gasteiger charge is 2.27. The maximum atomic E-state index is 12.6. The number of nitrogens with one attached hydrogen (secondary N) is 1. The quantitative estimate of drug-likeness (QED) is 0.0266. The van der Waals surface area contributed by atoms with Crippen LogP contribution in [0.25, 0.3) is 0 Å². The Morgan fingerprint density at radius 1 is 0.739 bits per heavy atom. The van der Waals surface area contributed by atoms with Crippen LogP contribution in [0.15, 0.2) is 36.5 Å². The van der Waals surface area contributed by atoms with Crippen molar-refractivity contribution in [3.05, 3.63) is 36.5 Å². The molecular formula is C36H69N2O7P. The van der Waals surface area contributed by atoms with Gasteiger partial charge in [-0.3, -0.25) is 13.8 Å². The van der Waals surface area contributed by atoms with Gasteiger partial charge < -0.3 is 26.2 Å². The summed E-state index contributed by atoms with van der Waals surface area (Å²) < 4.78 is 21.9. The number of hydrogen-bond acceptors (Lipinski definition) is 7. The van der Waals surface area contributed by atoms with Gasteiger partial charge in [0.25, 0.3) is 0 Å². The largest absolute Gasteiger partial charge is 0.472 e. The van der Waals surface area contributed by atoms with Crippen molar-refractivity contribution in [3.63, 3.8) is 0 Å². The summed E-state index contributed by atoms with van der Waals surface area (Å²) in [6.45, 7) is 3.86. The Kier molecular flexibility index (Phi) is 31.3. The van der Waals surface area contributed by atoms with Gasteiger partial charge in [-0.05, 0) is 44.9 Å². The molecule has 0 saturated heterocycles. The Labute approximate surface area is 281 Å². The van der Waals surface area contributed by atoms with E-state index in [0.29, 0.717) is 12.8 Å². The van der Waals surface area contributed by atoms with Crippen molar-refractivity contribution in [3.8, 4) is 0 Å². The summed E-state index contributed by atoms with van der Waals surface area (Å²) in [6.07, 6.45) is 32.5. The number of hydrogen-bond donors (Lipinski definition) is 5. The highest BCUT2D eigenvalue weighted by molar-refractivity contribution is 7.47. The van der Waals surface area contributed by atoms with Crippen LogP contribution in [0.1, 0.15) is 149 Å². The molecule has 0 fully saturated rings. The lowest BCUT2D eigenvalue weighted by Crippen LogP contribution is -2.46. The molecule has 6 N–H and O–H groups in total. The van der Waals surface area contributed by atoms with Gasteiger partial charge in [-0.2, -0.15) is 0 Å². The van der Waals surface area contributed by atoms with E-state index in [4.69, 9.17) is 14.8 Å². The summed E-state index contributed by atoms with van der Waals surface area (Å²) in [5.41, 5.74) is 5.33. The molecule has 4 atom stereocenters. The molecule has 10 heteroatoms. The molecule has 46 heavy (non-hydrogen) atoms. The second-order valence-electron chi connectivity index (χ2n) is 12.3. The van der Waals surface area contributed by atoms with Crippen LogP contribution in [0.2, 0.25) is 0 Å². The molecule has 0 radical (unpaired) electrons. The van der Waals surface area contributed by atoms with Gasteiger partial charge in [0.15, 0.2) is 0 Å². The predicted molar refractivity (Wildman–Crippen MR) is 190 cm³/mol. The van der Waals surface area contributed by atoms with Crippen molar-refractivity contribution in [1.29, 1.82) is 0 Å². The average Bonchev–Trinajstić information content (AvgIpc) is 3.03. The van der Waals surface area contributed by atoms with E-state index in [1.165, 1.54) is 70.6 Å². The molecule has 0 heterocycles. The lowest BCUT2D eigenvalue weighted by molar-refractivity contribution is -0.124. The third kappa shape index (κ3) is 30.0. The first-order valence-electron chi connectivity index (χ1n) is 18.2. The van der Waals surface area contributed by atoms with E-state index in [0.717, 1.165) is 44.9 Å². The zero-order valence-electron chi connectivity index (χ0n) is 29.2. The molecule has 0 rings (SSSR count). The maximum absolute atomic E-state index is 12.6. The van der Waals surface area contributed by atoms with E-state index < -0.39 is 38.6 Å². The fourth-order valence-electron chi connectivity index (χ4n) is 4.97. The molecule has 1 amide bonds. The SMILES string of the molecule is CCCCCCCCC/C=C/CC/C=C/CC/C=C/C(O)C(COP(=O)(O)OCCN)NC(=O)CC(O)CCCCCCCCC. The van der Waals surface area contributed by atoms with Gasteiger partial charge in [0, 0.05) is 6.54 Å². The van der Waals surface area contributed by atoms with Crippen LogP contribution < -0.4 is 11.1 Å². The molecule has 0 aromatic heterocycles. The summed E-state index contributed by atoms with van der Waals surface area (Å²) >= 11 is 0. The first-order valence-corrected chi connectivity index (χ1v) is 19.7. The average molecular weight is 673 g/mol. The molecule has 0 aromatic rings. The fraction of sp³-hybridized carbons (Fsp3) is 0.806. The molecule has 0 aliphatic carbocycles. The number of phosphoric acid groups is 1. The number of carbonyl (C=O) groups excluding carboxylic acids is 1. The van der Waals surface area contributed by atoms with Crippen molar-refractivity contribution >= 4 is 13.7 Å². The summed E-state index contributed by atoms with van der Waals surface area (Å²) in [5, 5.41) is 23.7. The van der Waals surface area contributed by atoms with Gasteiger partial charge in [0.05, 0.1) is 37.9 Å². The number of allylic oxidation sites excluding steroid dienone is 5.